The Bertz CT molecular complexity index is 611. The van der Waals surface area contributed by atoms with E-state index in [0.29, 0.717) is 19.5 Å². The maximum absolute atomic E-state index is 13.8. The van der Waals surface area contributed by atoms with Crippen molar-refractivity contribution < 1.29 is 8.91 Å². The zero-order valence-corrected chi connectivity index (χ0v) is 13.0. The van der Waals surface area contributed by atoms with E-state index in [-0.39, 0.29) is 6.04 Å². The molecule has 22 heavy (non-hydrogen) atoms. The molecular formula is C15H22FN5O. The molecule has 6 nitrogen and oxygen atoms in total. The van der Waals surface area contributed by atoms with E-state index < -0.39 is 6.17 Å². The lowest BCUT2D eigenvalue weighted by molar-refractivity contribution is 0.204. The highest BCUT2D eigenvalue weighted by Crippen LogP contribution is 2.22. The van der Waals surface area contributed by atoms with E-state index in [1.165, 1.54) is 0 Å². The van der Waals surface area contributed by atoms with Gasteiger partial charge in [-0.05, 0) is 13.3 Å². The van der Waals surface area contributed by atoms with Crippen LogP contribution in [0.2, 0.25) is 0 Å². The molecule has 7 heteroatoms. The molecule has 0 spiro atoms. The first-order valence-corrected chi connectivity index (χ1v) is 7.58. The van der Waals surface area contributed by atoms with E-state index in [2.05, 4.69) is 20.4 Å². The molecule has 2 aromatic heterocycles. The van der Waals surface area contributed by atoms with Crippen LogP contribution >= 0.6 is 0 Å². The van der Waals surface area contributed by atoms with Gasteiger partial charge in [-0.15, -0.1) is 0 Å². The highest BCUT2D eigenvalue weighted by atomic mass is 19.1. The van der Waals surface area contributed by atoms with Crippen molar-refractivity contribution in [1.82, 2.24) is 24.9 Å². The number of likely N-dealkylation sites (tertiary alicyclic amines) is 1. The number of imidazole rings is 1. The van der Waals surface area contributed by atoms with Crippen molar-refractivity contribution in [2.24, 2.45) is 7.05 Å². The van der Waals surface area contributed by atoms with Crippen LogP contribution in [-0.2, 0) is 20.1 Å². The molecule has 3 heterocycles. The Morgan fingerprint density at radius 2 is 2.36 bits per heavy atom. The van der Waals surface area contributed by atoms with E-state index in [1.807, 2.05) is 30.8 Å². The number of hydrogen-bond donors (Lipinski definition) is 1. The van der Waals surface area contributed by atoms with Crippen molar-refractivity contribution in [3.8, 4) is 0 Å². The van der Waals surface area contributed by atoms with Crippen LogP contribution in [0.15, 0.2) is 23.1 Å². The first-order chi connectivity index (χ1) is 10.6. The summed E-state index contributed by atoms with van der Waals surface area (Å²) in [6.07, 6.45) is 3.41. The molecule has 0 unspecified atom stereocenters. The number of alkyl halides is 1. The van der Waals surface area contributed by atoms with E-state index in [0.717, 1.165) is 30.2 Å². The van der Waals surface area contributed by atoms with Crippen LogP contribution < -0.4 is 5.32 Å². The molecule has 3 rings (SSSR count). The van der Waals surface area contributed by atoms with Crippen molar-refractivity contribution in [2.45, 2.75) is 38.6 Å². The molecule has 1 N–H and O–H groups in total. The van der Waals surface area contributed by atoms with Crippen LogP contribution in [0.25, 0.3) is 0 Å². The molecule has 0 bridgehead atoms. The third kappa shape index (κ3) is 3.53. The summed E-state index contributed by atoms with van der Waals surface area (Å²) >= 11 is 0. The number of aromatic nitrogens is 3. The van der Waals surface area contributed by atoms with Gasteiger partial charge in [-0.25, -0.2) is 9.37 Å². The predicted molar refractivity (Wildman–Crippen MR) is 79.9 cm³/mol. The molecule has 1 aliphatic heterocycles. The second-order valence-electron chi connectivity index (χ2n) is 5.98. The van der Waals surface area contributed by atoms with Gasteiger partial charge in [-0.1, -0.05) is 5.16 Å². The number of nitrogens with one attached hydrogen (secondary N) is 1. The van der Waals surface area contributed by atoms with Gasteiger partial charge in [0.25, 0.3) is 0 Å². The third-order valence-corrected chi connectivity index (χ3v) is 4.12. The van der Waals surface area contributed by atoms with Crippen LogP contribution in [0.5, 0.6) is 0 Å². The van der Waals surface area contributed by atoms with Crippen molar-refractivity contribution in [2.75, 3.05) is 13.1 Å². The van der Waals surface area contributed by atoms with Crippen LogP contribution in [-0.4, -0.2) is 44.9 Å². The summed E-state index contributed by atoms with van der Waals surface area (Å²) in [7, 11) is 1.97. The lowest BCUT2D eigenvalue weighted by Gasteiger charge is -2.23. The third-order valence-electron chi connectivity index (χ3n) is 4.12. The lowest BCUT2D eigenvalue weighted by Crippen LogP contribution is -2.37. The molecule has 120 valence electrons. The molecule has 0 radical (unpaired) electrons. The molecule has 0 saturated carbocycles. The first kappa shape index (κ1) is 15.2. The van der Waals surface area contributed by atoms with E-state index in [1.54, 1.807) is 6.33 Å². The van der Waals surface area contributed by atoms with Crippen molar-refractivity contribution >= 4 is 0 Å². The number of aryl methyl sites for hydroxylation is 2. The summed E-state index contributed by atoms with van der Waals surface area (Å²) in [5.74, 6) is 0.795. The van der Waals surface area contributed by atoms with E-state index in [4.69, 9.17) is 4.52 Å². The normalized spacial score (nSPS) is 22.5. The molecule has 1 fully saturated rings. The van der Waals surface area contributed by atoms with E-state index in [9.17, 15) is 4.39 Å². The Morgan fingerprint density at radius 3 is 3.05 bits per heavy atom. The predicted octanol–water partition coefficient (Wildman–Crippen LogP) is 1.42. The van der Waals surface area contributed by atoms with Crippen molar-refractivity contribution in [3.05, 3.63) is 35.7 Å². The minimum atomic E-state index is -0.771. The van der Waals surface area contributed by atoms with Gasteiger partial charge >= 0.3 is 0 Å². The molecule has 0 aromatic carbocycles. The Labute approximate surface area is 129 Å². The zero-order valence-electron chi connectivity index (χ0n) is 13.0. The quantitative estimate of drug-likeness (QED) is 0.874. The molecular weight excluding hydrogens is 285 g/mol. The second-order valence-corrected chi connectivity index (χ2v) is 5.98. The summed E-state index contributed by atoms with van der Waals surface area (Å²) in [6, 6.07) is 2.08. The van der Waals surface area contributed by atoms with Crippen molar-refractivity contribution in [1.29, 1.82) is 0 Å². The van der Waals surface area contributed by atoms with Crippen molar-refractivity contribution in [3.63, 3.8) is 0 Å². The fraction of sp³-hybridized carbons (Fsp3) is 0.600. The Kier molecular flexibility index (Phi) is 4.54. The Morgan fingerprint density at radius 1 is 1.50 bits per heavy atom. The maximum atomic E-state index is 13.8. The number of halogens is 1. The summed E-state index contributed by atoms with van der Waals surface area (Å²) in [5, 5.41) is 7.28. The van der Waals surface area contributed by atoms with Gasteiger partial charge in [-0.3, -0.25) is 4.90 Å². The lowest BCUT2D eigenvalue weighted by atomic mass is 10.2. The standard InChI is InChI=1S/C15H22FN5O/c1-11-3-15(22-19-11)9-21-8-12(16)4-13(21)5-17-6-14-7-18-10-20(14)2/h3,7,10,12-13,17H,4-6,8-9H2,1-2H3/t12-,13-/m0/s1. The summed E-state index contributed by atoms with van der Waals surface area (Å²) < 4.78 is 21.0. The highest BCUT2D eigenvalue weighted by Gasteiger charge is 2.32. The minimum Gasteiger partial charge on any atom is -0.360 e. The second kappa shape index (κ2) is 6.58. The van der Waals surface area contributed by atoms with E-state index >= 15 is 0 Å². The molecule has 2 aromatic rings. The fourth-order valence-corrected chi connectivity index (χ4v) is 2.94. The largest absolute Gasteiger partial charge is 0.360 e. The number of rotatable bonds is 6. The Balaban J connectivity index is 1.53. The minimum absolute atomic E-state index is 0.175. The van der Waals surface area contributed by atoms with Gasteiger partial charge in [0, 0.05) is 45.0 Å². The SMILES string of the molecule is Cc1cc(CN2C[C@@H](F)C[C@H]2CNCc2cncn2C)on1. The zero-order chi connectivity index (χ0) is 15.5. The van der Waals surface area contributed by atoms with Gasteiger partial charge < -0.3 is 14.4 Å². The first-order valence-electron chi connectivity index (χ1n) is 7.58. The molecule has 0 aliphatic carbocycles. The van der Waals surface area contributed by atoms with Gasteiger partial charge in [0.15, 0.2) is 5.76 Å². The van der Waals surface area contributed by atoms with Gasteiger partial charge in [0.2, 0.25) is 0 Å². The highest BCUT2D eigenvalue weighted by molar-refractivity contribution is 5.04. The average Bonchev–Trinajstić information content (AvgIpc) is 3.14. The summed E-state index contributed by atoms with van der Waals surface area (Å²) in [5.41, 5.74) is 1.98. The van der Waals surface area contributed by atoms with Gasteiger partial charge in [0.05, 0.1) is 24.3 Å². The topological polar surface area (TPSA) is 59.1 Å². The molecule has 1 aliphatic rings. The van der Waals surface area contributed by atoms with Crippen LogP contribution in [0, 0.1) is 6.92 Å². The number of nitrogens with zero attached hydrogens (tertiary/aromatic N) is 4. The molecule has 1 saturated heterocycles. The van der Waals surface area contributed by atoms with Gasteiger partial charge in [-0.2, -0.15) is 0 Å². The smallest absolute Gasteiger partial charge is 0.150 e. The number of hydrogen-bond acceptors (Lipinski definition) is 5. The van der Waals surface area contributed by atoms with Gasteiger partial charge in [0.1, 0.15) is 6.17 Å². The van der Waals surface area contributed by atoms with Crippen LogP contribution in [0.4, 0.5) is 4.39 Å². The monoisotopic (exact) mass is 307 g/mol. The summed E-state index contributed by atoms with van der Waals surface area (Å²) in [6.45, 7) is 4.44. The van der Waals surface area contributed by atoms with Crippen LogP contribution in [0.3, 0.4) is 0 Å². The molecule has 2 atom stereocenters. The Hall–Kier alpha value is -1.73. The molecule has 0 amide bonds. The summed E-state index contributed by atoms with van der Waals surface area (Å²) in [4.78, 5) is 6.22. The van der Waals surface area contributed by atoms with Crippen LogP contribution in [0.1, 0.15) is 23.6 Å². The fourth-order valence-electron chi connectivity index (χ4n) is 2.94. The average molecular weight is 307 g/mol. The maximum Gasteiger partial charge on any atom is 0.150 e.